The van der Waals surface area contributed by atoms with Crippen LogP contribution in [0.2, 0.25) is 0 Å². The van der Waals surface area contributed by atoms with Crippen LogP contribution in [0.3, 0.4) is 0 Å². The zero-order chi connectivity index (χ0) is 19.4. The van der Waals surface area contributed by atoms with Gasteiger partial charge in [0.25, 0.3) is 0 Å². The average Bonchev–Trinajstić information content (AvgIpc) is 2.47. The van der Waals surface area contributed by atoms with Gasteiger partial charge in [0.1, 0.15) is 11.6 Å². The number of carboxylic acids is 1. The van der Waals surface area contributed by atoms with Gasteiger partial charge in [0.2, 0.25) is 5.91 Å². The number of carbonyl (C=O) groups is 3. The van der Waals surface area contributed by atoms with Crippen molar-refractivity contribution < 1.29 is 24.6 Å². The Bertz CT molecular complexity index is 662. The minimum Gasteiger partial charge on any atom is -0.480 e. The Morgan fingerprint density at radius 1 is 1.44 bits per heavy atom. The summed E-state index contributed by atoms with van der Waals surface area (Å²) in [6, 6.07) is -1.07. The van der Waals surface area contributed by atoms with E-state index in [1.54, 1.807) is 26.0 Å². The van der Waals surface area contributed by atoms with E-state index in [0.717, 1.165) is 0 Å². The van der Waals surface area contributed by atoms with Gasteiger partial charge in [0, 0.05) is 23.7 Å². The summed E-state index contributed by atoms with van der Waals surface area (Å²) in [6.07, 6.45) is 6.06. The Kier molecular flexibility index (Phi) is 6.79. The first-order valence-corrected chi connectivity index (χ1v) is 8.52. The maximum atomic E-state index is 11.9. The van der Waals surface area contributed by atoms with E-state index in [4.69, 9.17) is 5.11 Å². The van der Waals surface area contributed by atoms with Gasteiger partial charge in [-0.2, -0.15) is 12.6 Å². The van der Waals surface area contributed by atoms with Gasteiger partial charge in [0.15, 0.2) is 5.78 Å². The highest BCUT2D eigenvalue weighted by atomic mass is 32.1. The summed E-state index contributed by atoms with van der Waals surface area (Å²) in [5.41, 5.74) is -0.901. The van der Waals surface area contributed by atoms with Gasteiger partial charge in [-0.1, -0.05) is 19.9 Å². The summed E-state index contributed by atoms with van der Waals surface area (Å²) in [6.45, 7) is 6.97. The lowest BCUT2D eigenvalue weighted by Crippen LogP contribution is -2.48. The van der Waals surface area contributed by atoms with Gasteiger partial charge in [-0.15, -0.1) is 0 Å². The number of amides is 1. The number of hydrogen-bond donors (Lipinski definition) is 4. The van der Waals surface area contributed by atoms with Crippen molar-refractivity contribution in [3.05, 3.63) is 35.5 Å². The fraction of sp³-hybridized carbons (Fsp3) is 0.500. The largest absolute Gasteiger partial charge is 0.480 e. The number of allylic oxidation sites excluding steroid dienone is 3. The molecule has 138 valence electrons. The molecule has 0 heterocycles. The van der Waals surface area contributed by atoms with Gasteiger partial charge < -0.3 is 15.5 Å². The van der Waals surface area contributed by atoms with Crippen LogP contribution in [0.15, 0.2) is 35.5 Å². The molecule has 0 saturated heterocycles. The van der Waals surface area contributed by atoms with Crippen molar-refractivity contribution in [3.8, 4) is 0 Å². The molecule has 1 aliphatic rings. The second-order valence-corrected chi connectivity index (χ2v) is 7.29. The maximum absolute atomic E-state index is 11.9. The molecule has 0 fully saturated rings. The van der Waals surface area contributed by atoms with Crippen molar-refractivity contribution in [3.63, 3.8) is 0 Å². The molecule has 0 radical (unpaired) electrons. The lowest BCUT2D eigenvalue weighted by atomic mass is 9.64. The molecule has 1 amide bonds. The summed E-state index contributed by atoms with van der Waals surface area (Å²) < 4.78 is 0. The van der Waals surface area contributed by atoms with Gasteiger partial charge in [-0.3, -0.25) is 9.59 Å². The van der Waals surface area contributed by atoms with Crippen LogP contribution in [0.1, 0.15) is 34.1 Å². The Morgan fingerprint density at radius 2 is 2.04 bits per heavy atom. The predicted molar refractivity (Wildman–Crippen MR) is 98.4 cm³/mol. The van der Waals surface area contributed by atoms with E-state index in [9.17, 15) is 19.5 Å². The molecule has 0 aromatic rings. The van der Waals surface area contributed by atoms with Crippen molar-refractivity contribution in [2.75, 3.05) is 5.75 Å². The number of hydrogen-bond acceptors (Lipinski definition) is 5. The smallest absolute Gasteiger partial charge is 0.327 e. The van der Waals surface area contributed by atoms with E-state index < -0.39 is 28.9 Å². The third-order valence-electron chi connectivity index (χ3n) is 4.37. The van der Waals surface area contributed by atoms with Gasteiger partial charge in [-0.25, -0.2) is 4.79 Å². The standard InChI is InChI=1S/C18H25NO5S/c1-11(7-15(21)19-14(10-25)16(22)23)5-6-18(24)12(2)8-13(20)9-17(18,3)4/h5-8,14,24-25H,9-10H2,1-4H3,(H,19,21)(H,22,23)/b6-5+,11-7-/t14-,18+/m0/s1. The molecule has 1 aliphatic carbocycles. The van der Waals surface area contributed by atoms with E-state index in [1.807, 2.05) is 13.8 Å². The second kappa shape index (κ2) is 8.01. The fourth-order valence-electron chi connectivity index (χ4n) is 2.77. The number of carbonyl (C=O) groups excluding carboxylic acids is 2. The highest BCUT2D eigenvalue weighted by Crippen LogP contribution is 2.44. The predicted octanol–water partition coefficient (Wildman–Crippen LogP) is 1.66. The Hall–Kier alpha value is -1.86. The molecule has 1 rings (SSSR count). The Morgan fingerprint density at radius 3 is 2.52 bits per heavy atom. The first-order valence-electron chi connectivity index (χ1n) is 7.88. The lowest BCUT2D eigenvalue weighted by Gasteiger charge is -2.44. The summed E-state index contributed by atoms with van der Waals surface area (Å²) in [5, 5.41) is 22.2. The molecule has 6 nitrogen and oxygen atoms in total. The first-order chi connectivity index (χ1) is 11.4. The third-order valence-corrected chi connectivity index (χ3v) is 4.74. The molecule has 2 atom stereocenters. The summed E-state index contributed by atoms with van der Waals surface area (Å²) in [5.74, 6) is -1.76. The van der Waals surface area contributed by atoms with Crippen molar-refractivity contribution in [1.82, 2.24) is 5.32 Å². The zero-order valence-corrected chi connectivity index (χ0v) is 15.8. The molecular weight excluding hydrogens is 342 g/mol. The maximum Gasteiger partial charge on any atom is 0.327 e. The normalized spacial score (nSPS) is 24.8. The molecule has 0 aromatic heterocycles. The highest BCUT2D eigenvalue weighted by Gasteiger charge is 2.46. The van der Waals surface area contributed by atoms with E-state index in [2.05, 4.69) is 17.9 Å². The number of thiol groups is 1. The van der Waals surface area contributed by atoms with E-state index in [0.29, 0.717) is 11.1 Å². The molecule has 7 heteroatoms. The Balaban J connectivity index is 2.96. The summed E-state index contributed by atoms with van der Waals surface area (Å²) >= 11 is 3.88. The van der Waals surface area contributed by atoms with Crippen molar-refractivity contribution in [2.24, 2.45) is 5.41 Å². The highest BCUT2D eigenvalue weighted by molar-refractivity contribution is 7.80. The number of aliphatic carboxylic acids is 1. The molecule has 0 unspecified atom stereocenters. The number of carboxylic acid groups (broad SMARTS) is 1. The molecule has 0 spiro atoms. The zero-order valence-electron chi connectivity index (χ0n) is 14.9. The number of rotatable bonds is 6. The third kappa shape index (κ3) is 5.06. The van der Waals surface area contributed by atoms with Crippen LogP contribution in [0.4, 0.5) is 0 Å². The van der Waals surface area contributed by atoms with Crippen LogP contribution in [-0.4, -0.2) is 45.3 Å². The second-order valence-electron chi connectivity index (χ2n) is 6.92. The number of ketones is 1. The van der Waals surface area contributed by atoms with E-state index >= 15 is 0 Å². The van der Waals surface area contributed by atoms with Gasteiger partial charge in [0.05, 0.1) is 0 Å². The van der Waals surface area contributed by atoms with E-state index in [-0.39, 0.29) is 18.0 Å². The number of aliphatic hydroxyl groups is 1. The number of nitrogens with one attached hydrogen (secondary N) is 1. The fourth-order valence-corrected chi connectivity index (χ4v) is 3.02. The average molecular weight is 367 g/mol. The van der Waals surface area contributed by atoms with Crippen molar-refractivity contribution in [2.45, 2.75) is 45.8 Å². The molecular formula is C18H25NO5S. The van der Waals surface area contributed by atoms with E-state index in [1.165, 1.54) is 12.2 Å². The molecule has 0 bridgehead atoms. The molecule has 0 aromatic carbocycles. The summed E-state index contributed by atoms with van der Waals surface area (Å²) in [4.78, 5) is 34.5. The summed E-state index contributed by atoms with van der Waals surface area (Å²) in [7, 11) is 0. The van der Waals surface area contributed by atoms with Crippen LogP contribution in [-0.2, 0) is 14.4 Å². The van der Waals surface area contributed by atoms with Gasteiger partial charge in [-0.05, 0) is 37.1 Å². The monoisotopic (exact) mass is 367 g/mol. The SMILES string of the molecule is CC1=CC(=O)CC(C)(C)[C@@]1(O)/C=C/C(C)=C\C(=O)N[C@@H](CS)C(=O)O. The van der Waals surface area contributed by atoms with Crippen LogP contribution in [0.25, 0.3) is 0 Å². The molecule has 0 saturated carbocycles. The minimum absolute atomic E-state index is 0.0181. The molecule has 25 heavy (non-hydrogen) atoms. The Labute approximate surface area is 153 Å². The lowest BCUT2D eigenvalue weighted by molar-refractivity contribution is -0.140. The quantitative estimate of drug-likeness (QED) is 0.325. The van der Waals surface area contributed by atoms with Gasteiger partial charge >= 0.3 is 5.97 Å². The minimum atomic E-state index is -1.30. The topological polar surface area (TPSA) is 104 Å². The van der Waals surface area contributed by atoms with Crippen molar-refractivity contribution >= 4 is 30.3 Å². The van der Waals surface area contributed by atoms with Crippen LogP contribution in [0.5, 0.6) is 0 Å². The van der Waals surface area contributed by atoms with Crippen LogP contribution in [0, 0.1) is 5.41 Å². The first kappa shape index (κ1) is 21.2. The molecule has 3 N–H and O–H groups in total. The van der Waals surface area contributed by atoms with Crippen LogP contribution < -0.4 is 5.32 Å². The van der Waals surface area contributed by atoms with Crippen molar-refractivity contribution in [1.29, 1.82) is 0 Å². The molecule has 0 aliphatic heterocycles. The van der Waals surface area contributed by atoms with Crippen LogP contribution >= 0.6 is 12.6 Å².